The van der Waals surface area contributed by atoms with E-state index in [0.717, 1.165) is 37.1 Å². The maximum Gasteiger partial charge on any atom is 0.240 e. The second kappa shape index (κ2) is 7.75. The van der Waals surface area contributed by atoms with Crippen LogP contribution < -0.4 is 4.74 Å². The van der Waals surface area contributed by atoms with Crippen LogP contribution in [0.3, 0.4) is 0 Å². The molecule has 2 aliphatic heterocycles. The summed E-state index contributed by atoms with van der Waals surface area (Å²) in [7, 11) is 2.03. The topological polar surface area (TPSA) is 74.4 Å². The fraction of sp³-hybridized carbons (Fsp3) is 0.346. The molecule has 166 valence electrons. The number of aryl methyl sites for hydroxylation is 1. The third-order valence-electron chi connectivity index (χ3n) is 7.24. The normalized spacial score (nSPS) is 22.1. The summed E-state index contributed by atoms with van der Waals surface area (Å²) in [6.07, 6.45) is 6.41. The minimum Gasteiger partial charge on any atom is -0.456 e. The van der Waals surface area contributed by atoms with Crippen molar-refractivity contribution in [2.75, 3.05) is 13.6 Å². The molecule has 6 rings (SSSR count). The standard InChI is InChI=1S/C26H25N5O2/c1-29-15-20-13-28-16-30(20)14-17-2-3-19(12-27)25(10-17)33-21-6-4-18-5-7-23(22(18)11-21)31-9-8-24(29)26(31)32/h2-4,6,10-11,13,16,23-24H,5,7-9,14-15H2,1H3/t23-,24-/m1/s1. The number of rotatable bonds is 0. The van der Waals surface area contributed by atoms with Gasteiger partial charge in [-0.05, 0) is 67.3 Å². The Bertz CT molecular complexity index is 1290. The van der Waals surface area contributed by atoms with Crippen molar-refractivity contribution in [2.45, 2.75) is 44.4 Å². The van der Waals surface area contributed by atoms with E-state index in [4.69, 9.17) is 4.74 Å². The van der Waals surface area contributed by atoms with Crippen LogP contribution in [0.25, 0.3) is 0 Å². The Morgan fingerprint density at radius 3 is 2.91 bits per heavy atom. The van der Waals surface area contributed by atoms with Crippen molar-refractivity contribution >= 4 is 5.91 Å². The number of hydrogen-bond acceptors (Lipinski definition) is 5. The van der Waals surface area contributed by atoms with Gasteiger partial charge in [-0.3, -0.25) is 9.69 Å². The zero-order chi connectivity index (χ0) is 22.5. The smallest absolute Gasteiger partial charge is 0.240 e. The first-order valence-corrected chi connectivity index (χ1v) is 11.4. The number of aromatic nitrogens is 2. The summed E-state index contributed by atoms with van der Waals surface area (Å²) in [5, 5.41) is 9.64. The van der Waals surface area contributed by atoms with Gasteiger partial charge in [0.25, 0.3) is 0 Å². The average molecular weight is 440 g/mol. The van der Waals surface area contributed by atoms with Gasteiger partial charge in [-0.2, -0.15) is 5.26 Å². The Balaban J connectivity index is 1.47. The summed E-state index contributed by atoms with van der Waals surface area (Å²) in [5.41, 5.74) is 5.02. The number of hydrogen-bond donors (Lipinski definition) is 0. The molecule has 1 aliphatic carbocycles. The van der Waals surface area contributed by atoms with Gasteiger partial charge in [0, 0.05) is 25.8 Å². The maximum absolute atomic E-state index is 13.5. The highest BCUT2D eigenvalue weighted by Gasteiger charge is 2.40. The van der Waals surface area contributed by atoms with E-state index in [-0.39, 0.29) is 18.0 Å². The first kappa shape index (κ1) is 20.0. The molecule has 2 atom stereocenters. The number of nitrogens with zero attached hydrogens (tertiary/aromatic N) is 5. The number of fused-ring (bicyclic) bond motifs is 7. The number of nitriles is 1. The second-order valence-corrected chi connectivity index (χ2v) is 9.22. The molecule has 7 nitrogen and oxygen atoms in total. The Morgan fingerprint density at radius 1 is 1.12 bits per heavy atom. The predicted molar refractivity (Wildman–Crippen MR) is 122 cm³/mol. The lowest BCUT2D eigenvalue weighted by molar-refractivity contribution is -0.134. The summed E-state index contributed by atoms with van der Waals surface area (Å²) in [6, 6.07) is 14.1. The molecule has 0 N–H and O–H groups in total. The molecule has 3 aromatic rings. The van der Waals surface area contributed by atoms with Crippen LogP contribution in [-0.4, -0.2) is 44.9 Å². The van der Waals surface area contributed by atoms with Gasteiger partial charge in [0.1, 0.15) is 17.6 Å². The number of imidazole rings is 1. The number of carbonyl (C=O) groups is 1. The van der Waals surface area contributed by atoms with Crippen LogP contribution in [0.1, 0.15) is 46.8 Å². The minimum atomic E-state index is -0.119. The van der Waals surface area contributed by atoms with Crippen LogP contribution in [0.5, 0.6) is 11.5 Å². The molecule has 1 aromatic heterocycles. The largest absolute Gasteiger partial charge is 0.456 e. The lowest BCUT2D eigenvalue weighted by Gasteiger charge is -2.28. The van der Waals surface area contributed by atoms with E-state index in [1.54, 1.807) is 0 Å². The third-order valence-corrected chi connectivity index (χ3v) is 7.24. The van der Waals surface area contributed by atoms with E-state index in [9.17, 15) is 10.1 Å². The Labute approximate surface area is 192 Å². The van der Waals surface area contributed by atoms with Crippen LogP contribution in [0.2, 0.25) is 0 Å². The molecule has 0 spiro atoms. The number of amides is 1. The molecule has 1 amide bonds. The number of carbonyl (C=O) groups excluding carboxylic acids is 1. The van der Waals surface area contributed by atoms with Gasteiger partial charge in [-0.15, -0.1) is 0 Å². The first-order chi connectivity index (χ1) is 16.1. The van der Waals surface area contributed by atoms with Gasteiger partial charge in [-0.25, -0.2) is 4.98 Å². The van der Waals surface area contributed by atoms with Crippen LogP contribution in [0, 0.1) is 11.3 Å². The number of ether oxygens (including phenoxy) is 1. The maximum atomic E-state index is 13.5. The molecule has 1 saturated heterocycles. The molecule has 6 bridgehead atoms. The summed E-state index contributed by atoms with van der Waals surface area (Å²) in [4.78, 5) is 22.0. The molecular weight excluding hydrogens is 414 g/mol. The van der Waals surface area contributed by atoms with E-state index < -0.39 is 0 Å². The van der Waals surface area contributed by atoms with E-state index in [2.05, 4.69) is 37.6 Å². The van der Waals surface area contributed by atoms with E-state index in [1.807, 2.05) is 43.8 Å². The van der Waals surface area contributed by atoms with Crippen molar-refractivity contribution in [3.8, 4) is 17.6 Å². The summed E-state index contributed by atoms with van der Waals surface area (Å²) >= 11 is 0. The van der Waals surface area contributed by atoms with Crippen LogP contribution in [0.4, 0.5) is 0 Å². The van der Waals surface area contributed by atoms with Crippen molar-refractivity contribution in [3.63, 3.8) is 0 Å². The number of benzene rings is 2. The van der Waals surface area contributed by atoms with Gasteiger partial charge in [0.2, 0.25) is 5.91 Å². The lowest BCUT2D eigenvalue weighted by Crippen LogP contribution is -2.40. The van der Waals surface area contributed by atoms with E-state index in [1.165, 1.54) is 11.1 Å². The zero-order valence-corrected chi connectivity index (χ0v) is 18.6. The third kappa shape index (κ3) is 3.38. The predicted octanol–water partition coefficient (Wildman–Crippen LogP) is 3.63. The highest BCUT2D eigenvalue weighted by atomic mass is 16.5. The molecule has 0 radical (unpaired) electrons. The van der Waals surface area contributed by atoms with Crippen LogP contribution in [0.15, 0.2) is 48.9 Å². The summed E-state index contributed by atoms with van der Waals surface area (Å²) in [5.74, 6) is 1.45. The summed E-state index contributed by atoms with van der Waals surface area (Å²) in [6.45, 7) is 2.03. The molecule has 0 unspecified atom stereocenters. The van der Waals surface area contributed by atoms with Gasteiger partial charge in [0.15, 0.2) is 0 Å². The van der Waals surface area contributed by atoms with Crippen molar-refractivity contribution in [1.29, 1.82) is 5.26 Å². The molecular formula is C26H25N5O2. The van der Waals surface area contributed by atoms with Gasteiger partial charge >= 0.3 is 0 Å². The Morgan fingerprint density at radius 2 is 2.03 bits per heavy atom. The van der Waals surface area contributed by atoms with Crippen LogP contribution in [-0.2, 0) is 24.3 Å². The van der Waals surface area contributed by atoms with E-state index in [0.29, 0.717) is 30.2 Å². The monoisotopic (exact) mass is 439 g/mol. The van der Waals surface area contributed by atoms with Crippen molar-refractivity contribution in [2.24, 2.45) is 0 Å². The van der Waals surface area contributed by atoms with Crippen molar-refractivity contribution in [3.05, 3.63) is 76.9 Å². The first-order valence-electron chi connectivity index (χ1n) is 11.4. The minimum absolute atomic E-state index is 0.0784. The quantitative estimate of drug-likeness (QED) is 0.535. The zero-order valence-electron chi connectivity index (χ0n) is 18.6. The molecule has 3 heterocycles. The van der Waals surface area contributed by atoms with E-state index >= 15 is 0 Å². The van der Waals surface area contributed by atoms with Gasteiger partial charge in [0.05, 0.1) is 29.7 Å². The molecule has 7 heteroatoms. The van der Waals surface area contributed by atoms with Crippen LogP contribution >= 0.6 is 0 Å². The molecule has 1 fully saturated rings. The fourth-order valence-electron chi connectivity index (χ4n) is 5.50. The second-order valence-electron chi connectivity index (χ2n) is 9.22. The number of likely N-dealkylation sites (N-methyl/N-ethyl adjacent to an activating group) is 1. The highest BCUT2D eigenvalue weighted by molar-refractivity contribution is 5.84. The molecule has 3 aliphatic rings. The lowest BCUT2D eigenvalue weighted by atomic mass is 10.1. The Kier molecular flexibility index (Phi) is 4.70. The summed E-state index contributed by atoms with van der Waals surface area (Å²) < 4.78 is 8.34. The molecule has 0 saturated carbocycles. The van der Waals surface area contributed by atoms with Crippen molar-refractivity contribution in [1.82, 2.24) is 19.4 Å². The van der Waals surface area contributed by atoms with Gasteiger partial charge < -0.3 is 14.2 Å². The van der Waals surface area contributed by atoms with Crippen molar-refractivity contribution < 1.29 is 9.53 Å². The highest BCUT2D eigenvalue weighted by Crippen LogP contribution is 2.41. The fourth-order valence-corrected chi connectivity index (χ4v) is 5.50. The molecule has 2 aromatic carbocycles. The average Bonchev–Trinajstić information content (AvgIpc) is 3.52. The SMILES string of the molecule is CN1Cc2cncn2Cc2ccc(C#N)c(c2)Oc2ccc3c(c2)[C@@H](CC3)N2CC[C@@H]1C2=O. The Hall–Kier alpha value is -3.63. The molecule has 33 heavy (non-hydrogen) atoms. The van der Waals surface area contributed by atoms with Gasteiger partial charge in [-0.1, -0.05) is 12.1 Å².